The van der Waals surface area contributed by atoms with Gasteiger partial charge in [-0.3, -0.25) is 4.79 Å². The number of nitrogens with zero attached hydrogens (tertiary/aromatic N) is 3. The molecule has 154 valence electrons. The summed E-state index contributed by atoms with van der Waals surface area (Å²) in [7, 11) is 0. The van der Waals surface area contributed by atoms with Crippen molar-refractivity contribution < 1.29 is 9.53 Å². The number of ether oxygens (including phenoxy) is 1. The number of carbonyl (C=O) groups excluding carboxylic acids is 1. The Kier molecular flexibility index (Phi) is 4.94. The van der Waals surface area contributed by atoms with Crippen LogP contribution in [0.15, 0.2) is 30.5 Å². The van der Waals surface area contributed by atoms with Crippen LogP contribution in [0.25, 0.3) is 0 Å². The van der Waals surface area contributed by atoms with Gasteiger partial charge in [-0.2, -0.15) is 0 Å². The summed E-state index contributed by atoms with van der Waals surface area (Å²) in [6, 6.07) is 8.09. The van der Waals surface area contributed by atoms with E-state index in [4.69, 9.17) is 10.5 Å². The summed E-state index contributed by atoms with van der Waals surface area (Å²) in [5, 5.41) is 3.38. The van der Waals surface area contributed by atoms with E-state index in [1.807, 2.05) is 56.1 Å². The summed E-state index contributed by atoms with van der Waals surface area (Å²) < 4.78 is 6.21. The lowest BCUT2D eigenvalue weighted by molar-refractivity contribution is -0.144. The number of aryl methyl sites for hydroxylation is 1. The first kappa shape index (κ1) is 19.6. The highest BCUT2D eigenvalue weighted by Crippen LogP contribution is 2.40. The summed E-state index contributed by atoms with van der Waals surface area (Å²) in [6.07, 6.45) is 4.03. The number of nitrogen functional groups attached to an aromatic ring is 1. The van der Waals surface area contributed by atoms with Gasteiger partial charge in [0.25, 0.3) is 0 Å². The van der Waals surface area contributed by atoms with Crippen molar-refractivity contribution >= 4 is 17.5 Å². The smallest absolute Gasteiger partial charge is 0.247 e. The third kappa shape index (κ3) is 3.79. The summed E-state index contributed by atoms with van der Waals surface area (Å²) in [4.78, 5) is 23.8. The molecule has 3 heterocycles. The largest absolute Gasteiger partial charge is 0.372 e. The van der Waals surface area contributed by atoms with Crippen molar-refractivity contribution in [2.75, 3.05) is 30.7 Å². The van der Waals surface area contributed by atoms with E-state index in [1.54, 1.807) is 0 Å². The molecule has 1 spiro atoms. The van der Waals surface area contributed by atoms with Crippen LogP contribution in [0.3, 0.4) is 0 Å². The highest BCUT2D eigenvalue weighted by Gasteiger charge is 2.45. The van der Waals surface area contributed by atoms with Gasteiger partial charge < -0.3 is 20.7 Å². The van der Waals surface area contributed by atoms with Crippen LogP contribution in [0.2, 0.25) is 0 Å². The fourth-order valence-electron chi connectivity index (χ4n) is 4.32. The van der Waals surface area contributed by atoms with E-state index in [-0.39, 0.29) is 11.9 Å². The Balaban J connectivity index is 1.46. The molecule has 2 aromatic rings. The van der Waals surface area contributed by atoms with Gasteiger partial charge >= 0.3 is 0 Å². The summed E-state index contributed by atoms with van der Waals surface area (Å²) >= 11 is 0. The van der Waals surface area contributed by atoms with Crippen LogP contribution in [0.4, 0.5) is 11.6 Å². The van der Waals surface area contributed by atoms with E-state index in [9.17, 15) is 4.79 Å². The second kappa shape index (κ2) is 7.30. The van der Waals surface area contributed by atoms with E-state index in [1.165, 1.54) is 5.56 Å². The third-order valence-electron chi connectivity index (χ3n) is 5.97. The van der Waals surface area contributed by atoms with Crippen molar-refractivity contribution in [3.8, 4) is 0 Å². The number of hydrogen-bond acceptors (Lipinski definition) is 6. The van der Waals surface area contributed by atoms with Crippen molar-refractivity contribution in [3.05, 3.63) is 47.3 Å². The van der Waals surface area contributed by atoms with Crippen LogP contribution in [0.5, 0.6) is 0 Å². The second-order valence-corrected chi connectivity index (χ2v) is 8.60. The molecule has 3 N–H and O–H groups in total. The normalized spacial score (nSPS) is 18.4. The first-order valence-electron chi connectivity index (χ1n) is 10.2. The van der Waals surface area contributed by atoms with Crippen LogP contribution in [0, 0.1) is 6.92 Å². The quantitative estimate of drug-likeness (QED) is 0.830. The predicted octanol–water partition coefficient (Wildman–Crippen LogP) is 2.65. The van der Waals surface area contributed by atoms with Crippen molar-refractivity contribution in [2.24, 2.45) is 0 Å². The maximum Gasteiger partial charge on any atom is 0.247 e. The van der Waals surface area contributed by atoms with Gasteiger partial charge in [0.2, 0.25) is 11.9 Å². The molecular formula is C22H29N5O2. The molecule has 2 aliphatic rings. The Bertz CT molecular complexity index is 902. The molecule has 0 radical (unpaired) electrons. The number of rotatable bonds is 3. The lowest BCUT2D eigenvalue weighted by atomic mass is 9.82. The maximum absolute atomic E-state index is 13.2. The highest BCUT2D eigenvalue weighted by atomic mass is 16.5. The average molecular weight is 396 g/mol. The number of nitrogens with one attached hydrogen (secondary N) is 1. The maximum atomic E-state index is 13.2. The number of anilines is 2. The molecule has 1 fully saturated rings. The number of amides is 1. The fraction of sp³-hybridized carbons (Fsp3) is 0.500. The fourth-order valence-corrected chi connectivity index (χ4v) is 4.32. The second-order valence-electron chi connectivity index (χ2n) is 8.60. The van der Waals surface area contributed by atoms with Crippen LogP contribution in [-0.4, -0.2) is 46.0 Å². The number of piperidine rings is 1. The number of benzene rings is 1. The molecule has 1 saturated heterocycles. The number of likely N-dealkylation sites (tertiary alicyclic amines) is 1. The van der Waals surface area contributed by atoms with E-state index >= 15 is 0 Å². The molecule has 0 atom stereocenters. The average Bonchev–Trinajstić information content (AvgIpc) is 2.70. The molecule has 2 aliphatic heterocycles. The monoisotopic (exact) mass is 395 g/mol. The zero-order chi connectivity index (χ0) is 20.6. The van der Waals surface area contributed by atoms with Gasteiger partial charge in [-0.05, 0) is 57.7 Å². The minimum Gasteiger partial charge on any atom is -0.372 e. The summed E-state index contributed by atoms with van der Waals surface area (Å²) in [5.41, 5.74) is 8.82. The van der Waals surface area contributed by atoms with Crippen molar-refractivity contribution in [1.82, 2.24) is 14.9 Å². The first-order chi connectivity index (χ1) is 13.8. The van der Waals surface area contributed by atoms with Crippen LogP contribution >= 0.6 is 0 Å². The number of carbonyl (C=O) groups is 1. The lowest BCUT2D eigenvalue weighted by Crippen LogP contribution is -2.55. The van der Waals surface area contributed by atoms with Gasteiger partial charge in [-0.15, -0.1) is 0 Å². The lowest BCUT2D eigenvalue weighted by Gasteiger charge is -2.45. The van der Waals surface area contributed by atoms with Gasteiger partial charge in [0.1, 0.15) is 11.1 Å². The minimum atomic E-state index is -0.697. The summed E-state index contributed by atoms with van der Waals surface area (Å²) in [5.74, 6) is 0.363. The summed E-state index contributed by atoms with van der Waals surface area (Å²) in [6.45, 7) is 7.81. The molecule has 0 aliphatic carbocycles. The first-order valence-corrected chi connectivity index (χ1v) is 10.2. The molecule has 7 heteroatoms. The molecule has 0 unspecified atom stereocenters. The van der Waals surface area contributed by atoms with Crippen molar-refractivity contribution in [3.63, 3.8) is 0 Å². The van der Waals surface area contributed by atoms with Gasteiger partial charge in [-0.1, -0.05) is 17.7 Å². The Morgan fingerprint density at radius 2 is 1.93 bits per heavy atom. The van der Waals surface area contributed by atoms with Crippen molar-refractivity contribution in [2.45, 2.75) is 51.2 Å². The number of hydrogen-bond donors (Lipinski definition) is 2. The molecule has 29 heavy (non-hydrogen) atoms. The van der Waals surface area contributed by atoms with Gasteiger partial charge in [-0.25, -0.2) is 9.97 Å². The van der Waals surface area contributed by atoms with Gasteiger partial charge in [0.15, 0.2) is 0 Å². The topological polar surface area (TPSA) is 93.4 Å². The zero-order valence-electron chi connectivity index (χ0n) is 17.4. The van der Waals surface area contributed by atoms with Crippen LogP contribution in [0.1, 0.15) is 43.5 Å². The highest BCUT2D eigenvalue weighted by molar-refractivity contribution is 5.88. The molecule has 7 nitrogen and oxygen atoms in total. The van der Waals surface area contributed by atoms with Crippen LogP contribution in [-0.2, 0) is 21.6 Å². The molecule has 0 bridgehead atoms. The minimum absolute atomic E-state index is 0.0890. The SMILES string of the molecule is Cc1ccc(NC(C)(C)C(=O)N2CCC3(CC2)OCCc2cnc(N)nc23)cc1. The number of nitrogens with two attached hydrogens (primary N) is 1. The molecule has 1 amide bonds. The molecule has 1 aromatic carbocycles. The zero-order valence-corrected chi connectivity index (χ0v) is 17.4. The van der Waals surface area contributed by atoms with Gasteiger partial charge in [0, 0.05) is 25.0 Å². The van der Waals surface area contributed by atoms with Gasteiger partial charge in [0.05, 0.1) is 12.3 Å². The van der Waals surface area contributed by atoms with E-state index < -0.39 is 11.1 Å². The molecule has 0 saturated carbocycles. The number of fused-ring (bicyclic) bond motifs is 2. The van der Waals surface area contributed by atoms with E-state index in [2.05, 4.69) is 15.3 Å². The Morgan fingerprint density at radius 1 is 1.24 bits per heavy atom. The Morgan fingerprint density at radius 3 is 2.62 bits per heavy atom. The number of aromatic nitrogens is 2. The van der Waals surface area contributed by atoms with E-state index in [0.29, 0.717) is 32.5 Å². The third-order valence-corrected chi connectivity index (χ3v) is 5.97. The predicted molar refractivity (Wildman–Crippen MR) is 112 cm³/mol. The van der Waals surface area contributed by atoms with Crippen molar-refractivity contribution in [1.29, 1.82) is 0 Å². The Hall–Kier alpha value is -2.67. The standard InChI is InChI=1S/C22H29N5O2/c1-15-4-6-17(7-5-15)26-21(2,3)19(28)27-11-9-22(10-12-27)18-16(8-13-29-22)14-24-20(23)25-18/h4-7,14,26H,8-13H2,1-3H3,(H2,23,24,25). The molecule has 4 rings (SSSR count). The van der Waals surface area contributed by atoms with Crippen LogP contribution < -0.4 is 11.1 Å². The molecular weight excluding hydrogens is 366 g/mol. The van der Waals surface area contributed by atoms with E-state index in [0.717, 1.165) is 23.4 Å². The Labute approximate surface area is 171 Å². The molecule has 1 aromatic heterocycles.